The fraction of sp³-hybridized carbons (Fsp3) is 0.545. The molecule has 1 aromatic heterocycles. The molecule has 1 aliphatic rings. The van der Waals surface area contributed by atoms with Gasteiger partial charge in [0, 0.05) is 31.6 Å². The third-order valence-corrected chi connectivity index (χ3v) is 5.15. The Bertz CT molecular complexity index is 629. The highest BCUT2D eigenvalue weighted by molar-refractivity contribution is 7.88. The minimum Gasteiger partial charge on any atom is -0.369 e. The van der Waals surface area contributed by atoms with Crippen LogP contribution in [0.4, 0.5) is 0 Å². The van der Waals surface area contributed by atoms with Gasteiger partial charge in [-0.2, -0.15) is 4.31 Å². The van der Waals surface area contributed by atoms with E-state index in [2.05, 4.69) is 4.98 Å². The number of thiazole rings is 1. The third-order valence-electron chi connectivity index (χ3n) is 3.29. The lowest BCUT2D eigenvalue weighted by molar-refractivity contribution is -0.122. The summed E-state index contributed by atoms with van der Waals surface area (Å²) in [7, 11) is -3.44. The molecule has 116 valence electrons. The van der Waals surface area contributed by atoms with Crippen LogP contribution in [0.1, 0.15) is 10.5 Å². The number of rotatable bonds is 3. The van der Waals surface area contributed by atoms with Gasteiger partial charge in [0.1, 0.15) is 5.69 Å². The number of hydrogen-bond donors (Lipinski definition) is 1. The molecule has 1 unspecified atom stereocenters. The van der Waals surface area contributed by atoms with Crippen LogP contribution in [0, 0.1) is 5.92 Å². The molecule has 1 fully saturated rings. The lowest BCUT2D eigenvalue weighted by Crippen LogP contribution is -2.41. The fourth-order valence-corrected chi connectivity index (χ4v) is 3.52. The lowest BCUT2D eigenvalue weighted by atomic mass is 10.1. The van der Waals surface area contributed by atoms with Gasteiger partial charge in [-0.05, 0) is 0 Å². The first-order chi connectivity index (χ1) is 9.79. The van der Waals surface area contributed by atoms with Crippen LogP contribution in [-0.2, 0) is 14.8 Å². The number of amides is 2. The Morgan fingerprint density at radius 2 is 2.10 bits per heavy atom. The maximum Gasteiger partial charge on any atom is 0.273 e. The van der Waals surface area contributed by atoms with Gasteiger partial charge in [-0.15, -0.1) is 11.3 Å². The second-order valence-corrected chi connectivity index (χ2v) is 7.55. The van der Waals surface area contributed by atoms with E-state index in [0.717, 1.165) is 6.26 Å². The van der Waals surface area contributed by atoms with Crippen molar-refractivity contribution >= 4 is 33.2 Å². The second-order valence-electron chi connectivity index (χ2n) is 4.85. The smallest absolute Gasteiger partial charge is 0.273 e. The summed E-state index contributed by atoms with van der Waals surface area (Å²) in [6.07, 6.45) is 1.07. The Balaban J connectivity index is 2.22. The van der Waals surface area contributed by atoms with E-state index in [1.165, 1.54) is 20.5 Å². The molecule has 2 rings (SSSR count). The highest BCUT2D eigenvalue weighted by atomic mass is 32.2. The number of sulfonamides is 1. The van der Waals surface area contributed by atoms with Gasteiger partial charge in [0.25, 0.3) is 5.91 Å². The molecule has 2 N–H and O–H groups in total. The Labute approximate surface area is 126 Å². The van der Waals surface area contributed by atoms with Gasteiger partial charge in [0.05, 0.1) is 17.7 Å². The third kappa shape index (κ3) is 3.77. The summed E-state index contributed by atoms with van der Waals surface area (Å²) in [5.41, 5.74) is 7.14. The molecule has 0 spiro atoms. The zero-order chi connectivity index (χ0) is 15.6. The van der Waals surface area contributed by atoms with Gasteiger partial charge in [0.15, 0.2) is 0 Å². The molecule has 10 heteroatoms. The molecule has 0 aromatic carbocycles. The van der Waals surface area contributed by atoms with Crippen molar-refractivity contribution in [1.82, 2.24) is 14.2 Å². The van der Waals surface area contributed by atoms with Crippen molar-refractivity contribution in [2.75, 3.05) is 32.4 Å². The van der Waals surface area contributed by atoms with Crippen molar-refractivity contribution in [1.29, 1.82) is 0 Å². The molecule has 1 saturated heterocycles. The molecular formula is C11H16N4O4S2. The lowest BCUT2D eigenvalue weighted by Gasteiger charge is -2.21. The molecule has 1 aromatic rings. The SMILES string of the molecule is CS(=O)(=O)N1CCN(C(=O)c2cscn2)CC(C(N)=O)C1. The summed E-state index contributed by atoms with van der Waals surface area (Å²) >= 11 is 1.29. The molecule has 0 aliphatic carbocycles. The zero-order valence-electron chi connectivity index (χ0n) is 11.4. The molecule has 8 nitrogen and oxygen atoms in total. The van der Waals surface area contributed by atoms with Crippen LogP contribution in [0.5, 0.6) is 0 Å². The number of primary amides is 1. The average Bonchev–Trinajstić information content (AvgIpc) is 2.81. The first-order valence-electron chi connectivity index (χ1n) is 6.21. The van der Waals surface area contributed by atoms with E-state index in [1.54, 1.807) is 10.9 Å². The van der Waals surface area contributed by atoms with E-state index in [0.29, 0.717) is 0 Å². The van der Waals surface area contributed by atoms with Gasteiger partial charge < -0.3 is 10.6 Å². The maximum atomic E-state index is 12.3. The van der Waals surface area contributed by atoms with E-state index in [4.69, 9.17) is 5.73 Å². The van der Waals surface area contributed by atoms with E-state index < -0.39 is 21.8 Å². The molecule has 2 amide bonds. The van der Waals surface area contributed by atoms with Gasteiger partial charge in [-0.25, -0.2) is 13.4 Å². The molecular weight excluding hydrogens is 316 g/mol. The monoisotopic (exact) mass is 332 g/mol. The molecule has 0 saturated carbocycles. The minimum absolute atomic E-state index is 0.00495. The molecule has 21 heavy (non-hydrogen) atoms. The predicted molar refractivity (Wildman–Crippen MR) is 77.1 cm³/mol. The molecule has 0 bridgehead atoms. The van der Waals surface area contributed by atoms with E-state index in [-0.39, 0.29) is 37.8 Å². The van der Waals surface area contributed by atoms with Crippen molar-refractivity contribution in [3.63, 3.8) is 0 Å². The highest BCUT2D eigenvalue weighted by Gasteiger charge is 2.32. The van der Waals surface area contributed by atoms with Crippen LogP contribution in [0.15, 0.2) is 10.9 Å². The number of nitrogens with two attached hydrogens (primary N) is 1. The van der Waals surface area contributed by atoms with Crippen LogP contribution in [0.3, 0.4) is 0 Å². The van der Waals surface area contributed by atoms with E-state index >= 15 is 0 Å². The summed E-state index contributed by atoms with van der Waals surface area (Å²) in [6.45, 7) is 0.429. The Morgan fingerprint density at radius 1 is 1.38 bits per heavy atom. The van der Waals surface area contributed by atoms with Crippen molar-refractivity contribution < 1.29 is 18.0 Å². The highest BCUT2D eigenvalue weighted by Crippen LogP contribution is 2.15. The number of hydrogen-bond acceptors (Lipinski definition) is 6. The number of nitrogens with zero attached hydrogens (tertiary/aromatic N) is 3. The summed E-state index contributed by atoms with van der Waals surface area (Å²) in [4.78, 5) is 29.1. The van der Waals surface area contributed by atoms with Gasteiger partial charge in [0.2, 0.25) is 15.9 Å². The minimum atomic E-state index is -3.44. The van der Waals surface area contributed by atoms with Crippen molar-refractivity contribution in [2.24, 2.45) is 11.7 Å². The maximum absolute atomic E-state index is 12.3. The van der Waals surface area contributed by atoms with Crippen molar-refractivity contribution in [2.45, 2.75) is 0 Å². The van der Waals surface area contributed by atoms with Crippen LogP contribution in [0.2, 0.25) is 0 Å². The van der Waals surface area contributed by atoms with Crippen LogP contribution in [-0.4, -0.2) is 66.9 Å². The normalized spacial score (nSPS) is 21.0. The first-order valence-corrected chi connectivity index (χ1v) is 9.00. The van der Waals surface area contributed by atoms with Crippen molar-refractivity contribution in [3.05, 3.63) is 16.6 Å². The quantitative estimate of drug-likeness (QED) is 0.759. The van der Waals surface area contributed by atoms with Gasteiger partial charge in [-0.3, -0.25) is 9.59 Å². The van der Waals surface area contributed by atoms with Gasteiger partial charge in [-0.1, -0.05) is 0 Å². The van der Waals surface area contributed by atoms with Gasteiger partial charge >= 0.3 is 0 Å². The standard InChI is InChI=1S/C11H16N4O4S2/c1-21(18,19)15-3-2-14(4-8(5-15)10(12)16)11(17)9-6-20-7-13-9/h6-8H,2-5H2,1H3,(H2,12,16). The zero-order valence-corrected chi connectivity index (χ0v) is 13.1. The summed E-state index contributed by atoms with van der Waals surface area (Å²) < 4.78 is 24.5. The van der Waals surface area contributed by atoms with Crippen LogP contribution < -0.4 is 5.73 Å². The number of carbonyl (C=O) groups excluding carboxylic acids is 2. The largest absolute Gasteiger partial charge is 0.369 e. The van der Waals surface area contributed by atoms with E-state index in [9.17, 15) is 18.0 Å². The average molecular weight is 332 g/mol. The van der Waals surface area contributed by atoms with Crippen LogP contribution in [0.25, 0.3) is 0 Å². The molecule has 2 heterocycles. The Kier molecular flexibility index (Phi) is 4.59. The van der Waals surface area contributed by atoms with Crippen LogP contribution >= 0.6 is 11.3 Å². The summed E-state index contributed by atoms with van der Waals surface area (Å²) in [5.74, 6) is -1.68. The first kappa shape index (κ1) is 15.9. The predicted octanol–water partition coefficient (Wildman–Crippen LogP) is -1.04. The second kappa shape index (κ2) is 6.08. The summed E-state index contributed by atoms with van der Waals surface area (Å²) in [5, 5.41) is 1.61. The molecule has 0 radical (unpaired) electrons. The molecule has 1 atom stereocenters. The number of carbonyl (C=O) groups is 2. The summed E-state index contributed by atoms with van der Waals surface area (Å²) in [6, 6.07) is 0. The molecule has 1 aliphatic heterocycles. The topological polar surface area (TPSA) is 114 Å². The fourth-order valence-electron chi connectivity index (χ4n) is 2.13. The van der Waals surface area contributed by atoms with Crippen molar-refractivity contribution in [3.8, 4) is 0 Å². The Hall–Kier alpha value is -1.52. The van der Waals surface area contributed by atoms with E-state index in [1.807, 2.05) is 0 Å². The Morgan fingerprint density at radius 3 is 2.62 bits per heavy atom. The number of aromatic nitrogens is 1.